The van der Waals surface area contributed by atoms with Crippen LogP contribution in [0, 0.1) is 31.9 Å². The second kappa shape index (κ2) is 18.6. The van der Waals surface area contributed by atoms with E-state index in [0.717, 1.165) is 64.3 Å². The first-order valence-corrected chi connectivity index (χ1v) is 20.1. The minimum atomic E-state index is -4.81. The topological polar surface area (TPSA) is 173 Å². The normalized spacial score (nSPS) is 23.1. The van der Waals surface area contributed by atoms with Gasteiger partial charge in [-0.05, 0) is 75.6 Å². The molecule has 6 heterocycles. The average Bonchev–Trinajstić information content (AvgIpc) is 3.91. The summed E-state index contributed by atoms with van der Waals surface area (Å²) < 4.78 is 120. The standard InChI is InChI=1S/2C19H21F4N5O3/c2*20-14-5-6-16(19(21,22)23)24-17(14)18-15(28(29)30)11-27(25-18)13-3-1-12(2-4-13)26-7-9-31-10-8-26/h2*5-6,11-13H,1-4,7-10H2. The summed E-state index contributed by atoms with van der Waals surface area (Å²) in [5.74, 6) is -2.20. The molecule has 4 aromatic heterocycles. The van der Waals surface area contributed by atoms with Gasteiger partial charge < -0.3 is 9.47 Å². The fourth-order valence-electron chi connectivity index (χ4n) is 8.54. The zero-order valence-electron chi connectivity index (χ0n) is 33.0. The molecule has 0 amide bonds. The van der Waals surface area contributed by atoms with Crippen molar-refractivity contribution in [1.29, 1.82) is 0 Å². The molecule has 4 aliphatic rings. The zero-order chi connectivity index (χ0) is 44.3. The van der Waals surface area contributed by atoms with Gasteiger partial charge >= 0.3 is 23.7 Å². The Morgan fingerprint density at radius 3 is 1.16 bits per heavy atom. The van der Waals surface area contributed by atoms with E-state index in [0.29, 0.717) is 88.5 Å². The summed E-state index contributed by atoms with van der Waals surface area (Å²) in [5, 5.41) is 31.2. The van der Waals surface area contributed by atoms with Gasteiger partial charge in [0.2, 0.25) is 0 Å². The minimum Gasteiger partial charge on any atom is -0.379 e. The summed E-state index contributed by atoms with van der Waals surface area (Å²) in [5.41, 5.74) is -6.35. The molecule has 2 saturated heterocycles. The van der Waals surface area contributed by atoms with Crippen LogP contribution in [0.25, 0.3) is 22.8 Å². The number of ether oxygens (including phenoxy) is 2. The SMILES string of the molecule is O=[N+]([O-])c1cn(C2CCC(N3CCOCC3)CC2)nc1-c1nc(C(F)(F)F)ccc1F.O=[N+]([O-])c1cn(C2CCC(N3CCOCC3)CC2)nc1-c1nc(C(F)(F)F)ccc1F. The van der Waals surface area contributed by atoms with Gasteiger partial charge in [0.1, 0.15) is 35.2 Å². The van der Waals surface area contributed by atoms with Crippen LogP contribution in [0.5, 0.6) is 0 Å². The molecule has 16 nitrogen and oxygen atoms in total. The third-order valence-electron chi connectivity index (χ3n) is 11.7. The number of rotatable bonds is 8. The summed E-state index contributed by atoms with van der Waals surface area (Å²) in [6.45, 7) is 6.27. The van der Waals surface area contributed by atoms with Gasteiger partial charge in [-0.15, -0.1) is 0 Å². The van der Waals surface area contributed by atoms with E-state index >= 15 is 0 Å². The van der Waals surface area contributed by atoms with Gasteiger partial charge in [0.05, 0.1) is 48.4 Å². The van der Waals surface area contributed by atoms with E-state index in [4.69, 9.17) is 9.47 Å². The molecule has 0 spiro atoms. The Morgan fingerprint density at radius 2 is 0.855 bits per heavy atom. The molecule has 2 aliphatic carbocycles. The largest absolute Gasteiger partial charge is 0.433 e. The lowest BCUT2D eigenvalue weighted by atomic mass is 9.90. The van der Waals surface area contributed by atoms with Crippen molar-refractivity contribution in [2.75, 3.05) is 52.6 Å². The second-order valence-electron chi connectivity index (χ2n) is 15.5. The van der Waals surface area contributed by atoms with Gasteiger partial charge in [-0.2, -0.15) is 36.5 Å². The third-order valence-corrected chi connectivity index (χ3v) is 11.7. The van der Waals surface area contributed by atoms with E-state index in [9.17, 15) is 55.4 Å². The lowest BCUT2D eigenvalue weighted by Crippen LogP contribution is -2.45. The first-order valence-electron chi connectivity index (χ1n) is 20.1. The van der Waals surface area contributed by atoms with Gasteiger partial charge in [-0.1, -0.05) is 0 Å². The first kappa shape index (κ1) is 44.8. The number of aromatic nitrogens is 6. The summed E-state index contributed by atoms with van der Waals surface area (Å²) in [7, 11) is 0. The summed E-state index contributed by atoms with van der Waals surface area (Å²) >= 11 is 0. The van der Waals surface area contributed by atoms with Crippen molar-refractivity contribution in [3.8, 4) is 22.8 Å². The Balaban J connectivity index is 0.000000186. The van der Waals surface area contributed by atoms with Crippen LogP contribution in [0.2, 0.25) is 0 Å². The molecule has 2 aliphatic heterocycles. The summed E-state index contributed by atoms with van der Waals surface area (Å²) in [6, 6.07) is 2.67. The molecule has 2 saturated carbocycles. The molecule has 62 heavy (non-hydrogen) atoms. The first-order chi connectivity index (χ1) is 29.5. The molecular weight excluding hydrogens is 844 g/mol. The van der Waals surface area contributed by atoms with Crippen LogP contribution < -0.4 is 0 Å². The Kier molecular flexibility index (Phi) is 13.5. The highest BCUT2D eigenvalue weighted by Gasteiger charge is 2.38. The fourth-order valence-corrected chi connectivity index (χ4v) is 8.54. The maximum atomic E-state index is 14.3. The van der Waals surface area contributed by atoms with Crippen LogP contribution in [0.15, 0.2) is 36.7 Å². The van der Waals surface area contributed by atoms with Crippen LogP contribution in [-0.4, -0.2) is 114 Å². The van der Waals surface area contributed by atoms with E-state index in [1.54, 1.807) is 0 Å². The number of morpholine rings is 2. The van der Waals surface area contributed by atoms with Crippen LogP contribution in [0.4, 0.5) is 46.5 Å². The molecule has 336 valence electrons. The number of hydrogen-bond acceptors (Lipinski definition) is 12. The molecule has 0 aromatic carbocycles. The Labute approximate surface area is 348 Å². The molecule has 4 aromatic rings. The van der Waals surface area contributed by atoms with Crippen molar-refractivity contribution in [1.82, 2.24) is 39.3 Å². The molecule has 0 radical (unpaired) electrons. The number of pyridine rings is 2. The smallest absolute Gasteiger partial charge is 0.379 e. The average molecular weight is 887 g/mol. The highest BCUT2D eigenvalue weighted by atomic mass is 19.4. The third kappa shape index (κ3) is 10.2. The number of nitro groups is 2. The van der Waals surface area contributed by atoms with Gasteiger partial charge in [0.25, 0.3) is 0 Å². The van der Waals surface area contributed by atoms with Gasteiger partial charge in [-0.25, -0.2) is 18.7 Å². The number of halogens is 8. The van der Waals surface area contributed by atoms with Crippen LogP contribution in [0.1, 0.15) is 74.8 Å². The second-order valence-corrected chi connectivity index (χ2v) is 15.5. The van der Waals surface area contributed by atoms with Crippen molar-refractivity contribution in [2.24, 2.45) is 0 Å². The molecule has 8 rings (SSSR count). The molecule has 24 heteroatoms. The monoisotopic (exact) mass is 886 g/mol. The zero-order valence-corrected chi connectivity index (χ0v) is 33.0. The molecular formula is C38H42F8N10O6. The van der Waals surface area contributed by atoms with Gasteiger partial charge in [0.15, 0.2) is 23.0 Å². The Bertz CT molecular complexity index is 2050. The number of nitrogens with zero attached hydrogens (tertiary/aromatic N) is 10. The molecule has 4 fully saturated rings. The van der Waals surface area contributed by atoms with Crippen molar-refractivity contribution < 1.29 is 54.4 Å². The van der Waals surface area contributed by atoms with E-state index in [-0.39, 0.29) is 12.1 Å². The predicted molar refractivity (Wildman–Crippen MR) is 202 cm³/mol. The molecule has 0 atom stereocenters. The predicted octanol–water partition coefficient (Wildman–Crippen LogP) is 7.65. The Hall–Kier alpha value is -5.20. The molecule has 0 unspecified atom stereocenters. The lowest BCUT2D eigenvalue weighted by Gasteiger charge is -2.38. The Morgan fingerprint density at radius 1 is 0.532 bits per heavy atom. The van der Waals surface area contributed by atoms with Crippen molar-refractivity contribution in [3.63, 3.8) is 0 Å². The molecule has 0 bridgehead atoms. The van der Waals surface area contributed by atoms with Crippen molar-refractivity contribution in [2.45, 2.75) is 87.9 Å². The van der Waals surface area contributed by atoms with Crippen LogP contribution in [0.3, 0.4) is 0 Å². The van der Waals surface area contributed by atoms with E-state index in [1.165, 1.54) is 9.36 Å². The molecule has 0 N–H and O–H groups in total. The van der Waals surface area contributed by atoms with Crippen molar-refractivity contribution >= 4 is 11.4 Å². The highest BCUT2D eigenvalue weighted by Crippen LogP contribution is 2.39. The van der Waals surface area contributed by atoms with E-state index in [2.05, 4.69) is 30.0 Å². The summed E-state index contributed by atoms with van der Waals surface area (Å²) in [6.07, 6.45) is -1.00. The maximum Gasteiger partial charge on any atom is 0.433 e. The maximum absolute atomic E-state index is 14.3. The van der Waals surface area contributed by atoms with Crippen molar-refractivity contribution in [3.05, 3.63) is 79.9 Å². The van der Waals surface area contributed by atoms with E-state index < -0.39 is 79.4 Å². The summed E-state index contributed by atoms with van der Waals surface area (Å²) in [4.78, 5) is 32.8. The van der Waals surface area contributed by atoms with Crippen LogP contribution in [-0.2, 0) is 21.8 Å². The number of alkyl halides is 6. The number of hydrogen-bond donors (Lipinski definition) is 0. The van der Waals surface area contributed by atoms with Gasteiger partial charge in [0, 0.05) is 38.3 Å². The van der Waals surface area contributed by atoms with E-state index in [1.807, 2.05) is 0 Å². The quantitative estimate of drug-likeness (QED) is 0.0963. The lowest BCUT2D eigenvalue weighted by molar-refractivity contribution is -0.384. The minimum absolute atomic E-state index is 0.154. The highest BCUT2D eigenvalue weighted by molar-refractivity contribution is 5.67. The fraction of sp³-hybridized carbons (Fsp3) is 0.579. The van der Waals surface area contributed by atoms with Crippen LogP contribution >= 0.6 is 0 Å². The van der Waals surface area contributed by atoms with Gasteiger partial charge in [-0.3, -0.25) is 39.4 Å².